The van der Waals surface area contributed by atoms with E-state index in [4.69, 9.17) is 10.5 Å². The van der Waals surface area contributed by atoms with Gasteiger partial charge in [0, 0.05) is 6.20 Å². The fourth-order valence-electron chi connectivity index (χ4n) is 2.03. The van der Waals surface area contributed by atoms with E-state index >= 15 is 0 Å². The van der Waals surface area contributed by atoms with E-state index in [1.165, 1.54) is 6.07 Å². The molecule has 1 aliphatic rings. The van der Waals surface area contributed by atoms with Crippen molar-refractivity contribution in [3.63, 3.8) is 0 Å². The van der Waals surface area contributed by atoms with E-state index in [1.807, 2.05) is 0 Å². The van der Waals surface area contributed by atoms with Crippen LogP contribution in [-0.4, -0.2) is 44.7 Å². The summed E-state index contributed by atoms with van der Waals surface area (Å²) in [5.74, 6) is -0.0988. The van der Waals surface area contributed by atoms with Crippen LogP contribution in [0.3, 0.4) is 0 Å². The van der Waals surface area contributed by atoms with E-state index in [0.717, 1.165) is 10.8 Å². The van der Waals surface area contributed by atoms with Crippen molar-refractivity contribution in [2.24, 2.45) is 0 Å². The second-order valence-electron chi connectivity index (χ2n) is 4.86. The number of rotatable bonds is 6. The van der Waals surface area contributed by atoms with E-state index in [0.29, 0.717) is 0 Å². The second-order valence-corrected chi connectivity index (χ2v) is 7.56. The fraction of sp³-hybridized carbons (Fsp3) is 0.556. The molecule has 0 amide bonds. The third-order valence-corrected chi connectivity index (χ3v) is 5.13. The molecule has 142 valence electrons. The average Bonchev–Trinajstić information content (AvgIpc) is 2.71. The molecule has 1 aromatic rings. The molecular weight excluding hydrogens is 457 g/mol. The Balaban J connectivity index is 0. The van der Waals surface area contributed by atoms with Crippen molar-refractivity contribution in [2.75, 3.05) is 12.3 Å². The zero-order chi connectivity index (χ0) is 19.0. The molecule has 1 fully saturated rings. The van der Waals surface area contributed by atoms with Crippen LogP contribution in [0.5, 0.6) is 0 Å². The molecule has 0 aromatic carbocycles. The predicted octanol–water partition coefficient (Wildman–Crippen LogP) is -13.2. The molecule has 1 unspecified atom stereocenters. The van der Waals surface area contributed by atoms with Crippen LogP contribution in [0.2, 0.25) is 0 Å². The number of nitrogen functional groups attached to an aromatic ring is 1. The van der Waals surface area contributed by atoms with Gasteiger partial charge < -0.3 is 44.5 Å². The molecule has 0 radical (unpaired) electrons. The number of nitrogens with zero attached hydrogens (tertiary/aromatic N) is 2. The summed E-state index contributed by atoms with van der Waals surface area (Å²) in [4.78, 5) is 46.8. The largest absolute Gasteiger partial charge is 1.00 e. The van der Waals surface area contributed by atoms with Gasteiger partial charge in [-0.1, -0.05) is 0 Å². The van der Waals surface area contributed by atoms with Crippen LogP contribution < -0.4 is 115 Å². The van der Waals surface area contributed by atoms with Gasteiger partial charge >= 0.3 is 94.4 Å². The van der Waals surface area contributed by atoms with Crippen molar-refractivity contribution in [1.82, 2.24) is 9.55 Å². The molecule has 0 spiro atoms. The van der Waals surface area contributed by atoms with Gasteiger partial charge in [-0.3, -0.25) is 13.4 Å². The fourth-order valence-corrected chi connectivity index (χ4v) is 3.52. The molecule has 2 rings (SSSR count). The van der Waals surface area contributed by atoms with Crippen molar-refractivity contribution >= 4 is 21.5 Å². The van der Waals surface area contributed by atoms with E-state index < -0.39 is 52.5 Å². The first kappa shape index (κ1) is 32.0. The van der Waals surface area contributed by atoms with Gasteiger partial charge in [0.15, 0.2) is 6.23 Å². The molecule has 28 heavy (non-hydrogen) atoms. The Morgan fingerprint density at radius 1 is 1.21 bits per heavy atom. The molecule has 14 nitrogen and oxygen atoms in total. The number of phosphoric ester groups is 1. The molecule has 1 aromatic heterocycles. The number of hydrogen-bond acceptors (Lipinski definition) is 13. The van der Waals surface area contributed by atoms with Crippen molar-refractivity contribution in [2.45, 2.75) is 24.5 Å². The molecule has 5 atom stereocenters. The molecule has 2 heterocycles. The van der Waals surface area contributed by atoms with Crippen molar-refractivity contribution in [1.29, 1.82) is 0 Å². The van der Waals surface area contributed by atoms with Crippen LogP contribution in [-0.2, 0) is 22.7 Å². The average molecular weight is 469 g/mol. The van der Waals surface area contributed by atoms with Gasteiger partial charge in [-0.25, -0.2) is 4.79 Å². The standard InChI is InChI=1S/C9H15N3O11P2.3Na/c10-5-1-2-12(9(15)11-5)8-7(14)6(13)4(22-8)3-21-25(19,20)23-24(16,17)18;;;/h1-2,4,6-8,13-14H,3H2,(H,19,20)(H2,10,11,15)(H2,16,17,18);;;/q;3*+1/p-3/t4-,6+,7-,8-;;;/m1.../s1. The second kappa shape index (κ2) is 12.8. The molecule has 0 aliphatic carbocycles. The van der Waals surface area contributed by atoms with Crippen LogP contribution >= 0.6 is 15.6 Å². The van der Waals surface area contributed by atoms with Gasteiger partial charge in [0.05, 0.1) is 14.4 Å². The van der Waals surface area contributed by atoms with Crippen molar-refractivity contribution in [3.05, 3.63) is 22.7 Å². The Morgan fingerprint density at radius 3 is 2.29 bits per heavy atom. The smallest absolute Gasteiger partial charge is 0.790 e. The molecular formula is C9H12N3Na3O11P2. The van der Waals surface area contributed by atoms with Gasteiger partial charge in [0.2, 0.25) is 0 Å². The minimum Gasteiger partial charge on any atom is -0.790 e. The Labute approximate surface area is 224 Å². The maximum absolute atomic E-state index is 11.7. The molecule has 19 heteroatoms. The first-order chi connectivity index (χ1) is 11.4. The topological polar surface area (TPSA) is 232 Å². The maximum atomic E-state index is 11.7. The molecule has 1 saturated heterocycles. The minimum absolute atomic E-state index is 0. The van der Waals surface area contributed by atoms with E-state index in [2.05, 4.69) is 13.8 Å². The number of anilines is 1. The quantitative estimate of drug-likeness (QED) is 0.260. The normalized spacial score (nSPS) is 26.3. The summed E-state index contributed by atoms with van der Waals surface area (Å²) in [5.41, 5.74) is 4.40. The number of aromatic nitrogens is 2. The van der Waals surface area contributed by atoms with E-state index in [-0.39, 0.29) is 94.5 Å². The number of ether oxygens (including phenoxy) is 1. The molecule has 1 aliphatic heterocycles. The Morgan fingerprint density at radius 2 is 1.79 bits per heavy atom. The summed E-state index contributed by atoms with van der Waals surface area (Å²) >= 11 is 0. The number of phosphoric acid groups is 2. The zero-order valence-corrected chi connectivity index (χ0v) is 22.9. The maximum Gasteiger partial charge on any atom is 1.00 e. The van der Waals surface area contributed by atoms with Gasteiger partial charge in [-0.15, -0.1) is 0 Å². The third-order valence-electron chi connectivity index (χ3n) is 3.06. The van der Waals surface area contributed by atoms with E-state index in [1.54, 1.807) is 0 Å². The van der Waals surface area contributed by atoms with Gasteiger partial charge in [0.25, 0.3) is 7.82 Å². The first-order valence-corrected chi connectivity index (χ1v) is 9.37. The predicted molar refractivity (Wildman–Crippen MR) is 71.1 cm³/mol. The summed E-state index contributed by atoms with van der Waals surface area (Å²) < 4.78 is 34.7. The van der Waals surface area contributed by atoms with Crippen LogP contribution in [0.1, 0.15) is 6.23 Å². The Kier molecular flexibility index (Phi) is 14.6. The molecule has 4 N–H and O–H groups in total. The number of hydrogen-bond donors (Lipinski definition) is 3. The van der Waals surface area contributed by atoms with Crippen molar-refractivity contribution < 1.29 is 136 Å². The zero-order valence-electron chi connectivity index (χ0n) is 15.1. The number of aliphatic hydroxyl groups excluding tert-OH is 2. The number of nitrogens with two attached hydrogens (primary N) is 1. The van der Waals surface area contributed by atoms with E-state index in [9.17, 15) is 38.8 Å². The van der Waals surface area contributed by atoms with Crippen LogP contribution in [0.4, 0.5) is 5.82 Å². The SMILES string of the molecule is Nc1ccn([C@@H]2O[C@H](COP(=O)([O-])OP(=O)([O-])[O-])[C@H](O)[C@H]2O)c(=O)n1.[Na+].[Na+].[Na+]. The summed E-state index contributed by atoms with van der Waals surface area (Å²) in [6.07, 6.45) is -5.19. The summed E-state index contributed by atoms with van der Waals surface area (Å²) in [5, 5.41) is 19.8. The van der Waals surface area contributed by atoms with Gasteiger partial charge in [0.1, 0.15) is 24.1 Å². The van der Waals surface area contributed by atoms with Crippen molar-refractivity contribution in [3.8, 4) is 0 Å². The Bertz CT molecular complexity index is 792. The first-order valence-electron chi connectivity index (χ1n) is 6.45. The molecule has 0 bridgehead atoms. The minimum atomic E-state index is -5.87. The monoisotopic (exact) mass is 469 g/mol. The molecule has 0 saturated carbocycles. The third kappa shape index (κ3) is 9.13. The van der Waals surface area contributed by atoms with Crippen LogP contribution in [0.15, 0.2) is 17.1 Å². The van der Waals surface area contributed by atoms with Crippen LogP contribution in [0, 0.1) is 0 Å². The van der Waals surface area contributed by atoms with Gasteiger partial charge in [-0.2, -0.15) is 4.98 Å². The van der Waals surface area contributed by atoms with Gasteiger partial charge in [-0.05, 0) is 6.07 Å². The van der Waals surface area contributed by atoms with Crippen LogP contribution in [0.25, 0.3) is 0 Å². The summed E-state index contributed by atoms with van der Waals surface area (Å²) in [7, 11) is -11.4. The summed E-state index contributed by atoms with van der Waals surface area (Å²) in [6, 6.07) is 1.22. The number of aliphatic hydroxyl groups is 2. The Hall–Kier alpha value is 1.82. The summed E-state index contributed by atoms with van der Waals surface area (Å²) in [6.45, 7) is -0.993.